The third kappa shape index (κ3) is 9.78. The molecule has 1 N–H and O–H groups in total. The van der Waals surface area contributed by atoms with Crippen LogP contribution in [0, 0.1) is 0 Å². The molecule has 0 atom stereocenters. The van der Waals surface area contributed by atoms with Crippen molar-refractivity contribution in [3.05, 3.63) is 0 Å². The summed E-state index contributed by atoms with van der Waals surface area (Å²) in [5.41, 5.74) is 0. The highest BCUT2D eigenvalue weighted by Crippen LogP contribution is 1.99. The number of unbranched alkanes of at least 4 members (excludes halogenated alkanes) is 1. The molecule has 3 nitrogen and oxygen atoms in total. The van der Waals surface area contributed by atoms with Crippen molar-refractivity contribution >= 4 is 17.7 Å². The zero-order valence-electron chi connectivity index (χ0n) is 7.41. The minimum absolute atomic E-state index is 0.178. The van der Waals surface area contributed by atoms with Gasteiger partial charge < -0.3 is 9.84 Å². The van der Waals surface area contributed by atoms with E-state index in [0.717, 1.165) is 25.2 Å². The standard InChI is InChI=1S/C8H16O3S/c1-2-3-4-11-5-6-12-7-8(9)10/h2-7H2,1H3,(H,9,10). The highest BCUT2D eigenvalue weighted by molar-refractivity contribution is 7.99. The Morgan fingerprint density at radius 2 is 2.25 bits per heavy atom. The number of carbonyl (C=O) groups is 1. The number of rotatable bonds is 8. The Labute approximate surface area is 77.5 Å². The van der Waals surface area contributed by atoms with Gasteiger partial charge in [-0.2, -0.15) is 0 Å². The van der Waals surface area contributed by atoms with E-state index < -0.39 is 5.97 Å². The molecule has 0 amide bonds. The molecule has 0 rings (SSSR count). The fourth-order valence-electron chi connectivity index (χ4n) is 0.626. The summed E-state index contributed by atoms with van der Waals surface area (Å²) in [5, 5.41) is 8.29. The van der Waals surface area contributed by atoms with Crippen molar-refractivity contribution in [2.75, 3.05) is 24.7 Å². The molecule has 0 aliphatic heterocycles. The summed E-state index contributed by atoms with van der Waals surface area (Å²) < 4.78 is 5.24. The molecule has 0 bridgehead atoms. The predicted octanol–water partition coefficient (Wildman–Crippen LogP) is 1.62. The SMILES string of the molecule is CCCCOCCSCC(=O)O. The average molecular weight is 192 g/mol. The first-order valence-corrected chi connectivity index (χ1v) is 5.30. The molecule has 0 aromatic rings. The van der Waals surface area contributed by atoms with Crippen molar-refractivity contribution < 1.29 is 14.6 Å². The predicted molar refractivity (Wildman–Crippen MR) is 50.7 cm³/mol. The molecule has 12 heavy (non-hydrogen) atoms. The highest BCUT2D eigenvalue weighted by Gasteiger charge is 1.95. The van der Waals surface area contributed by atoms with Crippen LogP contribution in [0.25, 0.3) is 0 Å². The Morgan fingerprint density at radius 1 is 1.50 bits per heavy atom. The van der Waals surface area contributed by atoms with Gasteiger partial charge in [-0.15, -0.1) is 11.8 Å². The summed E-state index contributed by atoms with van der Waals surface area (Å²) in [6, 6.07) is 0. The van der Waals surface area contributed by atoms with E-state index in [9.17, 15) is 4.79 Å². The van der Waals surface area contributed by atoms with E-state index in [2.05, 4.69) is 6.92 Å². The maximum atomic E-state index is 10.1. The topological polar surface area (TPSA) is 46.5 Å². The lowest BCUT2D eigenvalue weighted by molar-refractivity contribution is -0.133. The molecule has 0 heterocycles. The summed E-state index contributed by atoms with van der Waals surface area (Å²) in [6.07, 6.45) is 2.23. The molecule has 0 spiro atoms. The third-order valence-corrected chi connectivity index (χ3v) is 2.15. The summed E-state index contributed by atoms with van der Waals surface area (Å²) in [5.74, 6) is 0.196. The Morgan fingerprint density at radius 3 is 2.83 bits per heavy atom. The Kier molecular flexibility index (Phi) is 8.71. The van der Waals surface area contributed by atoms with E-state index in [4.69, 9.17) is 9.84 Å². The summed E-state index contributed by atoms with van der Waals surface area (Å²) >= 11 is 1.39. The van der Waals surface area contributed by atoms with Crippen molar-refractivity contribution in [1.82, 2.24) is 0 Å². The second kappa shape index (κ2) is 8.87. The number of aliphatic carboxylic acids is 1. The Hall–Kier alpha value is -0.220. The molecule has 4 heteroatoms. The number of hydrogen-bond acceptors (Lipinski definition) is 3. The molecule has 72 valence electrons. The first kappa shape index (κ1) is 11.8. The molecule has 0 radical (unpaired) electrons. The van der Waals surface area contributed by atoms with Gasteiger partial charge in [0.25, 0.3) is 0 Å². The van der Waals surface area contributed by atoms with Gasteiger partial charge in [0.15, 0.2) is 0 Å². The maximum Gasteiger partial charge on any atom is 0.313 e. The van der Waals surface area contributed by atoms with Crippen molar-refractivity contribution in [3.8, 4) is 0 Å². The lowest BCUT2D eigenvalue weighted by Gasteiger charge is -2.01. The van der Waals surface area contributed by atoms with E-state index in [1.807, 2.05) is 0 Å². The number of thioether (sulfide) groups is 1. The summed E-state index contributed by atoms with van der Waals surface area (Å²) in [4.78, 5) is 10.1. The zero-order valence-corrected chi connectivity index (χ0v) is 8.23. The summed E-state index contributed by atoms with van der Waals surface area (Å²) in [6.45, 7) is 3.57. The molecule has 0 fully saturated rings. The number of carboxylic acids is 1. The van der Waals surface area contributed by atoms with E-state index >= 15 is 0 Å². The minimum atomic E-state index is -0.756. The van der Waals surface area contributed by atoms with Gasteiger partial charge in [0.1, 0.15) is 0 Å². The maximum absolute atomic E-state index is 10.1. The number of ether oxygens (including phenoxy) is 1. The van der Waals surface area contributed by atoms with Crippen LogP contribution in [0.5, 0.6) is 0 Å². The van der Waals surface area contributed by atoms with Crippen LogP contribution in [0.2, 0.25) is 0 Å². The average Bonchev–Trinajstić information content (AvgIpc) is 2.02. The zero-order chi connectivity index (χ0) is 9.23. The normalized spacial score (nSPS) is 10.1. The third-order valence-electron chi connectivity index (χ3n) is 1.24. The fraction of sp³-hybridized carbons (Fsp3) is 0.875. The van der Waals surface area contributed by atoms with Gasteiger partial charge in [0.05, 0.1) is 12.4 Å². The Bertz CT molecular complexity index is 117. The number of hydrogen-bond donors (Lipinski definition) is 1. The van der Waals surface area contributed by atoms with Gasteiger partial charge in [0, 0.05) is 12.4 Å². The van der Waals surface area contributed by atoms with Crippen LogP contribution in [-0.2, 0) is 9.53 Å². The van der Waals surface area contributed by atoms with Crippen LogP contribution in [0.1, 0.15) is 19.8 Å². The monoisotopic (exact) mass is 192 g/mol. The molecule has 0 unspecified atom stereocenters. The second-order valence-corrected chi connectivity index (χ2v) is 3.52. The second-order valence-electron chi connectivity index (χ2n) is 2.41. The number of carboxylic acid groups (broad SMARTS) is 1. The molecular weight excluding hydrogens is 176 g/mol. The van der Waals surface area contributed by atoms with Crippen molar-refractivity contribution in [2.24, 2.45) is 0 Å². The molecule has 0 aromatic carbocycles. The van der Waals surface area contributed by atoms with E-state index in [1.54, 1.807) is 0 Å². The largest absolute Gasteiger partial charge is 0.481 e. The molecule has 0 saturated heterocycles. The van der Waals surface area contributed by atoms with Gasteiger partial charge >= 0.3 is 5.97 Å². The van der Waals surface area contributed by atoms with Crippen LogP contribution in [0.3, 0.4) is 0 Å². The van der Waals surface area contributed by atoms with Gasteiger partial charge in [-0.1, -0.05) is 13.3 Å². The lowest BCUT2D eigenvalue weighted by atomic mass is 10.4. The quantitative estimate of drug-likeness (QED) is 0.594. The summed E-state index contributed by atoms with van der Waals surface area (Å²) in [7, 11) is 0. The molecule has 0 aliphatic carbocycles. The van der Waals surface area contributed by atoms with Crippen molar-refractivity contribution in [3.63, 3.8) is 0 Å². The molecule has 0 aromatic heterocycles. The first-order valence-electron chi connectivity index (χ1n) is 4.14. The van der Waals surface area contributed by atoms with Gasteiger partial charge in [-0.05, 0) is 6.42 Å². The smallest absolute Gasteiger partial charge is 0.313 e. The van der Waals surface area contributed by atoms with Crippen LogP contribution in [0.15, 0.2) is 0 Å². The van der Waals surface area contributed by atoms with E-state index in [0.29, 0.717) is 6.61 Å². The molecule has 0 aliphatic rings. The first-order chi connectivity index (χ1) is 5.77. The molecular formula is C8H16O3S. The van der Waals surface area contributed by atoms with Gasteiger partial charge in [-0.25, -0.2) is 0 Å². The molecule has 0 saturated carbocycles. The van der Waals surface area contributed by atoms with Crippen LogP contribution < -0.4 is 0 Å². The van der Waals surface area contributed by atoms with E-state index in [-0.39, 0.29) is 5.75 Å². The fourth-order valence-corrected chi connectivity index (χ4v) is 1.18. The highest BCUT2D eigenvalue weighted by atomic mass is 32.2. The van der Waals surface area contributed by atoms with Crippen LogP contribution >= 0.6 is 11.8 Å². The van der Waals surface area contributed by atoms with Crippen molar-refractivity contribution in [1.29, 1.82) is 0 Å². The van der Waals surface area contributed by atoms with E-state index in [1.165, 1.54) is 11.8 Å². The van der Waals surface area contributed by atoms with Crippen LogP contribution in [-0.4, -0.2) is 35.8 Å². The van der Waals surface area contributed by atoms with Gasteiger partial charge in [-0.3, -0.25) is 4.79 Å². The lowest BCUT2D eigenvalue weighted by Crippen LogP contribution is -2.03. The van der Waals surface area contributed by atoms with Gasteiger partial charge in [0.2, 0.25) is 0 Å². The van der Waals surface area contributed by atoms with Crippen molar-refractivity contribution in [2.45, 2.75) is 19.8 Å². The minimum Gasteiger partial charge on any atom is -0.481 e. The Balaban J connectivity index is 2.86. The van der Waals surface area contributed by atoms with Crippen LogP contribution in [0.4, 0.5) is 0 Å².